The summed E-state index contributed by atoms with van der Waals surface area (Å²) < 4.78 is 11.0. The van der Waals surface area contributed by atoms with Crippen LogP contribution < -0.4 is 15.8 Å². The standard InChI is InChI=1S/C16H24N2O3/c1-4-15(2)11-16(14(17)19,9-10-21-15)18-12-5-7-13(20-3)8-6-12/h5-8,18H,4,9-11H2,1-3H3,(H2,17,19). The fraction of sp³-hybridized carbons (Fsp3) is 0.562. The van der Waals surface area contributed by atoms with Crippen LogP contribution in [0.5, 0.6) is 5.75 Å². The molecule has 3 N–H and O–H groups in total. The van der Waals surface area contributed by atoms with E-state index in [4.69, 9.17) is 15.2 Å². The summed E-state index contributed by atoms with van der Waals surface area (Å²) in [5.41, 5.74) is 5.46. The molecule has 1 aliphatic rings. The molecule has 1 aromatic rings. The predicted octanol–water partition coefficient (Wildman–Crippen LogP) is 2.31. The van der Waals surface area contributed by atoms with Gasteiger partial charge in [0.25, 0.3) is 0 Å². The molecule has 2 rings (SSSR count). The summed E-state index contributed by atoms with van der Waals surface area (Å²) in [6.07, 6.45) is 1.98. The Morgan fingerprint density at radius 1 is 1.43 bits per heavy atom. The molecule has 1 heterocycles. The number of methoxy groups -OCH3 is 1. The SMILES string of the molecule is CCC1(C)CC(Nc2ccc(OC)cc2)(C(N)=O)CCO1. The number of primary amides is 1. The fourth-order valence-electron chi connectivity index (χ4n) is 2.81. The maximum absolute atomic E-state index is 12.1. The maximum Gasteiger partial charge on any atom is 0.243 e. The molecule has 1 fully saturated rings. The van der Waals surface area contributed by atoms with Gasteiger partial charge in [-0.2, -0.15) is 0 Å². The van der Waals surface area contributed by atoms with Gasteiger partial charge in [-0.1, -0.05) is 6.92 Å². The maximum atomic E-state index is 12.1. The van der Waals surface area contributed by atoms with E-state index in [9.17, 15) is 4.79 Å². The predicted molar refractivity (Wildman–Crippen MR) is 82.4 cm³/mol. The van der Waals surface area contributed by atoms with Crippen LogP contribution in [-0.2, 0) is 9.53 Å². The highest BCUT2D eigenvalue weighted by Crippen LogP contribution is 2.37. The highest BCUT2D eigenvalue weighted by Gasteiger charge is 2.46. The van der Waals surface area contributed by atoms with Gasteiger partial charge < -0.3 is 20.5 Å². The Balaban J connectivity index is 2.23. The van der Waals surface area contributed by atoms with Gasteiger partial charge >= 0.3 is 0 Å². The smallest absolute Gasteiger partial charge is 0.243 e. The van der Waals surface area contributed by atoms with Crippen molar-refractivity contribution in [2.45, 2.75) is 44.2 Å². The van der Waals surface area contributed by atoms with Crippen molar-refractivity contribution in [1.82, 2.24) is 0 Å². The summed E-state index contributed by atoms with van der Waals surface area (Å²) >= 11 is 0. The fourth-order valence-corrected chi connectivity index (χ4v) is 2.81. The van der Waals surface area contributed by atoms with Crippen LogP contribution in [-0.4, -0.2) is 30.8 Å². The highest BCUT2D eigenvalue weighted by molar-refractivity contribution is 5.88. The van der Waals surface area contributed by atoms with Crippen LogP contribution in [0.15, 0.2) is 24.3 Å². The Labute approximate surface area is 125 Å². The van der Waals surface area contributed by atoms with Crippen LogP contribution in [0.3, 0.4) is 0 Å². The third-order valence-corrected chi connectivity index (χ3v) is 4.35. The van der Waals surface area contributed by atoms with E-state index in [1.165, 1.54) is 0 Å². The Hall–Kier alpha value is -1.75. The molecule has 0 aromatic heterocycles. The van der Waals surface area contributed by atoms with Gasteiger partial charge in [0.15, 0.2) is 0 Å². The van der Waals surface area contributed by atoms with E-state index in [0.29, 0.717) is 19.4 Å². The Morgan fingerprint density at radius 2 is 2.10 bits per heavy atom. The summed E-state index contributed by atoms with van der Waals surface area (Å²) in [5, 5.41) is 3.32. The molecule has 0 aliphatic carbocycles. The first-order valence-electron chi connectivity index (χ1n) is 7.29. The molecule has 21 heavy (non-hydrogen) atoms. The molecule has 2 unspecified atom stereocenters. The first-order valence-corrected chi connectivity index (χ1v) is 7.29. The van der Waals surface area contributed by atoms with Crippen molar-refractivity contribution >= 4 is 11.6 Å². The second-order valence-corrected chi connectivity index (χ2v) is 5.88. The van der Waals surface area contributed by atoms with Gasteiger partial charge in [0, 0.05) is 18.5 Å². The number of rotatable bonds is 5. The van der Waals surface area contributed by atoms with Crippen molar-refractivity contribution in [3.8, 4) is 5.75 Å². The zero-order chi connectivity index (χ0) is 15.5. The average molecular weight is 292 g/mol. The van der Waals surface area contributed by atoms with Crippen LogP contribution in [0.25, 0.3) is 0 Å². The highest BCUT2D eigenvalue weighted by atomic mass is 16.5. The van der Waals surface area contributed by atoms with E-state index in [2.05, 4.69) is 12.2 Å². The van der Waals surface area contributed by atoms with E-state index in [-0.39, 0.29) is 11.5 Å². The van der Waals surface area contributed by atoms with Gasteiger partial charge in [-0.05, 0) is 37.6 Å². The molecule has 0 radical (unpaired) electrons. The summed E-state index contributed by atoms with van der Waals surface area (Å²) in [5.74, 6) is 0.445. The van der Waals surface area contributed by atoms with Gasteiger partial charge in [0.05, 0.1) is 19.3 Å². The second kappa shape index (κ2) is 5.93. The van der Waals surface area contributed by atoms with Gasteiger partial charge in [-0.25, -0.2) is 0 Å². The van der Waals surface area contributed by atoms with Crippen molar-refractivity contribution in [3.63, 3.8) is 0 Å². The van der Waals surface area contributed by atoms with Crippen molar-refractivity contribution in [1.29, 1.82) is 0 Å². The van der Waals surface area contributed by atoms with Crippen LogP contribution in [0.4, 0.5) is 5.69 Å². The molecule has 1 aliphatic heterocycles. The minimum absolute atomic E-state index is 0.327. The van der Waals surface area contributed by atoms with E-state index >= 15 is 0 Å². The monoisotopic (exact) mass is 292 g/mol. The summed E-state index contributed by atoms with van der Waals surface area (Å²) in [7, 11) is 1.62. The normalized spacial score (nSPS) is 28.9. The Bertz CT molecular complexity index is 503. The van der Waals surface area contributed by atoms with E-state index in [0.717, 1.165) is 17.9 Å². The van der Waals surface area contributed by atoms with Gasteiger partial charge in [0.1, 0.15) is 11.3 Å². The molecule has 1 aromatic carbocycles. The van der Waals surface area contributed by atoms with E-state index in [1.807, 2.05) is 31.2 Å². The second-order valence-electron chi connectivity index (χ2n) is 5.88. The third kappa shape index (κ3) is 3.29. The summed E-state index contributed by atoms with van der Waals surface area (Å²) in [6.45, 7) is 4.61. The average Bonchev–Trinajstić information content (AvgIpc) is 2.48. The number of amides is 1. The largest absolute Gasteiger partial charge is 0.497 e. The van der Waals surface area contributed by atoms with Gasteiger partial charge in [0.2, 0.25) is 5.91 Å². The number of hydrogen-bond acceptors (Lipinski definition) is 4. The van der Waals surface area contributed by atoms with Crippen LogP contribution in [0.2, 0.25) is 0 Å². The zero-order valence-electron chi connectivity index (χ0n) is 12.9. The topological polar surface area (TPSA) is 73.6 Å². The number of carbonyl (C=O) groups excluding carboxylic acids is 1. The molecule has 0 spiro atoms. The Kier molecular flexibility index (Phi) is 4.42. The quantitative estimate of drug-likeness (QED) is 0.873. The molecule has 1 amide bonds. The minimum atomic E-state index is -0.766. The number of hydrogen-bond donors (Lipinski definition) is 2. The van der Waals surface area contributed by atoms with E-state index < -0.39 is 5.54 Å². The van der Waals surface area contributed by atoms with Crippen molar-refractivity contribution in [2.75, 3.05) is 19.0 Å². The summed E-state index contributed by atoms with van der Waals surface area (Å²) in [4.78, 5) is 12.1. The minimum Gasteiger partial charge on any atom is -0.497 e. The number of nitrogens with two attached hydrogens (primary N) is 1. The van der Waals surface area contributed by atoms with Crippen LogP contribution >= 0.6 is 0 Å². The van der Waals surface area contributed by atoms with Crippen LogP contribution in [0.1, 0.15) is 33.1 Å². The molecule has 0 bridgehead atoms. The Morgan fingerprint density at radius 3 is 2.62 bits per heavy atom. The van der Waals surface area contributed by atoms with Gasteiger partial charge in [-0.3, -0.25) is 4.79 Å². The van der Waals surface area contributed by atoms with Crippen molar-refractivity contribution in [3.05, 3.63) is 24.3 Å². The molecule has 1 saturated heterocycles. The molecule has 116 valence electrons. The van der Waals surface area contributed by atoms with Crippen molar-refractivity contribution in [2.24, 2.45) is 5.73 Å². The zero-order valence-corrected chi connectivity index (χ0v) is 12.9. The molecule has 0 saturated carbocycles. The number of nitrogens with one attached hydrogen (secondary N) is 1. The van der Waals surface area contributed by atoms with Gasteiger partial charge in [-0.15, -0.1) is 0 Å². The molecular formula is C16H24N2O3. The number of anilines is 1. The lowest BCUT2D eigenvalue weighted by molar-refractivity contribution is -0.135. The summed E-state index contributed by atoms with van der Waals surface area (Å²) in [6, 6.07) is 7.50. The number of carbonyl (C=O) groups is 1. The first kappa shape index (κ1) is 15.6. The lowest BCUT2D eigenvalue weighted by Crippen LogP contribution is -2.59. The van der Waals surface area contributed by atoms with E-state index in [1.54, 1.807) is 7.11 Å². The molecular weight excluding hydrogens is 268 g/mol. The lowest BCUT2D eigenvalue weighted by atomic mass is 9.78. The number of benzene rings is 1. The first-order chi connectivity index (χ1) is 9.93. The molecule has 5 heteroatoms. The molecule has 2 atom stereocenters. The van der Waals surface area contributed by atoms with Crippen molar-refractivity contribution < 1.29 is 14.3 Å². The third-order valence-electron chi connectivity index (χ3n) is 4.35. The number of ether oxygens (including phenoxy) is 2. The lowest BCUT2D eigenvalue weighted by Gasteiger charge is -2.45. The van der Waals surface area contributed by atoms with Crippen LogP contribution in [0, 0.1) is 0 Å². The molecule has 5 nitrogen and oxygen atoms in total.